The maximum Gasteiger partial charge on any atom is 0.267 e. The summed E-state index contributed by atoms with van der Waals surface area (Å²) >= 11 is 6.17. The minimum atomic E-state index is -0.421. The largest absolute Gasteiger partial charge is 0.457 e. The van der Waals surface area contributed by atoms with Crippen molar-refractivity contribution in [1.29, 1.82) is 0 Å². The van der Waals surface area contributed by atoms with E-state index in [1.54, 1.807) is 55.1 Å². The molecule has 9 heteroatoms. The number of benzene rings is 1. The summed E-state index contributed by atoms with van der Waals surface area (Å²) in [5, 5.41) is 5.90. The lowest BCUT2D eigenvalue weighted by molar-refractivity contribution is -0.117. The summed E-state index contributed by atoms with van der Waals surface area (Å²) in [6.45, 7) is 2.97. The van der Waals surface area contributed by atoms with Gasteiger partial charge in [0.05, 0.1) is 11.9 Å². The molecule has 35 heavy (non-hydrogen) atoms. The summed E-state index contributed by atoms with van der Waals surface area (Å²) < 4.78 is 7.80. The summed E-state index contributed by atoms with van der Waals surface area (Å²) in [7, 11) is 0. The first kappa shape index (κ1) is 24.0. The second-order valence-corrected chi connectivity index (χ2v) is 8.14. The van der Waals surface area contributed by atoms with Crippen LogP contribution in [0.5, 0.6) is 0 Å². The molecule has 0 saturated heterocycles. The van der Waals surface area contributed by atoms with Gasteiger partial charge in [-0.05, 0) is 49.2 Å². The van der Waals surface area contributed by atoms with Crippen molar-refractivity contribution in [3.63, 3.8) is 0 Å². The highest BCUT2D eigenvalue weighted by atomic mass is 35.5. The third kappa shape index (κ3) is 6.24. The van der Waals surface area contributed by atoms with Gasteiger partial charge in [-0.1, -0.05) is 29.8 Å². The van der Waals surface area contributed by atoms with Gasteiger partial charge in [0.15, 0.2) is 0 Å². The smallest absolute Gasteiger partial charge is 0.267 e. The Bertz CT molecular complexity index is 1340. The molecule has 3 heterocycles. The van der Waals surface area contributed by atoms with E-state index in [0.717, 1.165) is 5.56 Å². The van der Waals surface area contributed by atoms with Gasteiger partial charge < -0.3 is 19.6 Å². The number of nitrogens with zero attached hydrogens (tertiary/aromatic N) is 3. The Hall–Kier alpha value is -4.17. The van der Waals surface area contributed by atoms with Crippen molar-refractivity contribution in [1.82, 2.24) is 25.2 Å². The quantitative estimate of drug-likeness (QED) is 0.205. The fourth-order valence-electron chi connectivity index (χ4n) is 3.44. The van der Waals surface area contributed by atoms with Crippen molar-refractivity contribution in [2.45, 2.75) is 19.9 Å². The fourth-order valence-corrected chi connectivity index (χ4v) is 3.65. The number of hydrogen-bond acceptors (Lipinski definition) is 5. The minimum absolute atomic E-state index is 0.0686. The standard InChI is InChI=1S/C26H24ClN5O3/c1-18-6-2-3-7-20(18)25(33)31-22(26(34)30-12-5-14-32-15-13-28-17-32)16-19-9-10-23(35-19)21-8-4-11-29-24(21)27/h2-4,6-11,13,15-17H,5,12,14H2,1H3,(H,30,34)(H,31,33)/b22-16+. The zero-order valence-electron chi connectivity index (χ0n) is 19.1. The summed E-state index contributed by atoms with van der Waals surface area (Å²) in [5.41, 5.74) is 1.98. The molecular weight excluding hydrogens is 466 g/mol. The van der Waals surface area contributed by atoms with Crippen LogP contribution in [0.1, 0.15) is 28.1 Å². The number of furan rings is 1. The maximum absolute atomic E-state index is 13.0. The van der Waals surface area contributed by atoms with Crippen LogP contribution < -0.4 is 10.6 Å². The van der Waals surface area contributed by atoms with Gasteiger partial charge >= 0.3 is 0 Å². The zero-order valence-corrected chi connectivity index (χ0v) is 19.8. The zero-order chi connectivity index (χ0) is 24.6. The first-order chi connectivity index (χ1) is 17.0. The van der Waals surface area contributed by atoms with Gasteiger partial charge in [-0.15, -0.1) is 0 Å². The predicted octanol–water partition coefficient (Wildman–Crippen LogP) is 4.48. The van der Waals surface area contributed by atoms with Crippen LogP contribution in [0.15, 0.2) is 83.6 Å². The summed E-state index contributed by atoms with van der Waals surface area (Å²) in [4.78, 5) is 34.0. The Kier molecular flexibility index (Phi) is 7.74. The summed E-state index contributed by atoms with van der Waals surface area (Å²) in [6.07, 6.45) is 9.07. The van der Waals surface area contributed by atoms with Crippen LogP contribution in [0.2, 0.25) is 5.15 Å². The van der Waals surface area contributed by atoms with E-state index >= 15 is 0 Å². The van der Waals surface area contributed by atoms with Crippen LogP contribution in [0.25, 0.3) is 17.4 Å². The Morgan fingerprint density at radius 3 is 2.74 bits per heavy atom. The van der Waals surface area contributed by atoms with E-state index in [9.17, 15) is 9.59 Å². The highest BCUT2D eigenvalue weighted by molar-refractivity contribution is 6.31. The number of pyridine rings is 1. The van der Waals surface area contributed by atoms with Crippen LogP contribution in [0, 0.1) is 6.92 Å². The molecule has 8 nitrogen and oxygen atoms in total. The first-order valence-corrected chi connectivity index (χ1v) is 11.4. The van der Waals surface area contributed by atoms with Gasteiger partial charge in [0.25, 0.3) is 11.8 Å². The van der Waals surface area contributed by atoms with E-state index in [4.69, 9.17) is 16.0 Å². The average molecular weight is 490 g/mol. The second kappa shape index (κ2) is 11.3. The molecule has 0 saturated carbocycles. The molecule has 0 aliphatic rings. The third-order valence-corrected chi connectivity index (χ3v) is 5.56. The Labute approximate surface area is 207 Å². The molecule has 178 valence electrons. The molecule has 0 aliphatic carbocycles. The third-order valence-electron chi connectivity index (χ3n) is 5.26. The van der Waals surface area contributed by atoms with Crippen molar-refractivity contribution in [3.05, 3.63) is 101 Å². The number of nitrogens with one attached hydrogen (secondary N) is 2. The number of halogens is 1. The van der Waals surface area contributed by atoms with Crippen LogP contribution in [-0.2, 0) is 11.3 Å². The molecule has 1 aromatic carbocycles. The molecule has 4 rings (SSSR count). The number of hydrogen-bond donors (Lipinski definition) is 2. The molecule has 3 aromatic heterocycles. The topological polar surface area (TPSA) is 102 Å². The second-order valence-electron chi connectivity index (χ2n) is 7.78. The summed E-state index contributed by atoms with van der Waals surface area (Å²) in [5.74, 6) is 0.0770. The van der Waals surface area contributed by atoms with Crippen molar-refractivity contribution >= 4 is 29.5 Å². The lowest BCUT2D eigenvalue weighted by Crippen LogP contribution is -2.35. The number of carbonyl (C=O) groups is 2. The highest BCUT2D eigenvalue weighted by Crippen LogP contribution is 2.28. The van der Waals surface area contributed by atoms with Crippen molar-refractivity contribution in [2.24, 2.45) is 0 Å². The molecule has 0 aliphatic heterocycles. The molecule has 0 fully saturated rings. The van der Waals surface area contributed by atoms with Crippen molar-refractivity contribution in [2.75, 3.05) is 6.54 Å². The Morgan fingerprint density at radius 1 is 1.11 bits per heavy atom. The van der Waals surface area contributed by atoms with Crippen LogP contribution in [-0.4, -0.2) is 32.9 Å². The van der Waals surface area contributed by atoms with Crippen LogP contribution >= 0.6 is 11.6 Å². The molecule has 0 radical (unpaired) electrons. The van der Waals surface area contributed by atoms with Crippen molar-refractivity contribution < 1.29 is 14.0 Å². The van der Waals surface area contributed by atoms with E-state index in [1.807, 2.05) is 29.8 Å². The fraction of sp³-hybridized carbons (Fsp3) is 0.154. The molecular formula is C26H24ClN5O3. The molecule has 0 unspecified atom stereocenters. The van der Waals surface area contributed by atoms with E-state index in [0.29, 0.717) is 47.3 Å². The molecule has 2 amide bonds. The SMILES string of the molecule is Cc1ccccc1C(=O)N/C(=C/c1ccc(-c2cccnc2Cl)o1)C(=O)NCCCn1ccnc1. The van der Waals surface area contributed by atoms with Gasteiger partial charge in [-0.3, -0.25) is 9.59 Å². The number of rotatable bonds is 9. The van der Waals surface area contributed by atoms with Gasteiger partial charge in [0, 0.05) is 43.3 Å². The summed E-state index contributed by atoms with van der Waals surface area (Å²) in [6, 6.07) is 14.1. The Morgan fingerprint density at radius 2 is 1.97 bits per heavy atom. The van der Waals surface area contributed by atoms with E-state index in [1.165, 1.54) is 6.08 Å². The van der Waals surface area contributed by atoms with Gasteiger partial charge in [-0.25, -0.2) is 9.97 Å². The van der Waals surface area contributed by atoms with Gasteiger partial charge in [0.2, 0.25) is 0 Å². The lowest BCUT2D eigenvalue weighted by atomic mass is 10.1. The van der Waals surface area contributed by atoms with Crippen LogP contribution in [0.4, 0.5) is 0 Å². The number of imidazole rings is 1. The van der Waals surface area contributed by atoms with Gasteiger partial charge in [-0.2, -0.15) is 0 Å². The van der Waals surface area contributed by atoms with E-state index in [2.05, 4.69) is 20.6 Å². The first-order valence-electron chi connectivity index (χ1n) is 11.0. The number of amides is 2. The Balaban J connectivity index is 1.52. The lowest BCUT2D eigenvalue weighted by Gasteiger charge is -2.12. The number of carbonyl (C=O) groups excluding carboxylic acids is 2. The molecule has 0 atom stereocenters. The number of aromatic nitrogens is 3. The normalized spacial score (nSPS) is 11.3. The molecule has 0 bridgehead atoms. The highest BCUT2D eigenvalue weighted by Gasteiger charge is 2.17. The number of aryl methyl sites for hydroxylation is 2. The minimum Gasteiger partial charge on any atom is -0.457 e. The molecule has 0 spiro atoms. The van der Waals surface area contributed by atoms with Crippen molar-refractivity contribution in [3.8, 4) is 11.3 Å². The van der Waals surface area contributed by atoms with E-state index in [-0.39, 0.29) is 11.6 Å². The maximum atomic E-state index is 13.0. The monoisotopic (exact) mass is 489 g/mol. The van der Waals surface area contributed by atoms with Crippen LogP contribution in [0.3, 0.4) is 0 Å². The average Bonchev–Trinajstić information content (AvgIpc) is 3.54. The predicted molar refractivity (Wildman–Crippen MR) is 133 cm³/mol. The van der Waals surface area contributed by atoms with Gasteiger partial charge in [0.1, 0.15) is 22.4 Å². The van der Waals surface area contributed by atoms with E-state index < -0.39 is 5.91 Å². The molecule has 4 aromatic rings. The molecule has 2 N–H and O–H groups in total.